The van der Waals surface area contributed by atoms with Crippen molar-refractivity contribution < 1.29 is 9.59 Å². The van der Waals surface area contributed by atoms with Crippen molar-refractivity contribution in [1.29, 1.82) is 0 Å². The predicted octanol–water partition coefficient (Wildman–Crippen LogP) is 4.09. The molecule has 0 atom stereocenters. The maximum Gasteiger partial charge on any atom is 0.325 e. The molecular weight excluding hydrogens is 348 g/mol. The Morgan fingerprint density at radius 3 is 2.77 bits per heavy atom. The molecule has 0 aliphatic heterocycles. The first-order valence-electron chi connectivity index (χ1n) is 8.97. The largest absolute Gasteiger partial charge is 0.353 e. The van der Waals surface area contributed by atoms with Gasteiger partial charge in [-0.2, -0.15) is 0 Å². The summed E-state index contributed by atoms with van der Waals surface area (Å²) in [6, 6.07) is 7.53. The van der Waals surface area contributed by atoms with Crippen LogP contribution >= 0.6 is 11.3 Å². The molecule has 3 N–H and O–H groups in total. The fraction of sp³-hybridized carbons (Fsp3) is 0.421. The molecule has 0 radical (unpaired) electrons. The van der Waals surface area contributed by atoms with Gasteiger partial charge >= 0.3 is 6.03 Å². The monoisotopic (exact) mass is 372 g/mol. The standard InChI is InChI=1S/C19H24N4O2S/c1-13-6-5-9-15(10-13)21-18(25)23-19-22-16(12-26-19)11-17(24)20-14-7-3-2-4-8-14/h5-6,9-10,12,14H,2-4,7-8,11H2,1H3,(H,20,24)(H2,21,22,23,25). The average molecular weight is 372 g/mol. The highest BCUT2D eigenvalue weighted by atomic mass is 32.1. The molecular formula is C19H24N4O2S. The number of urea groups is 1. The van der Waals surface area contributed by atoms with Crippen molar-refractivity contribution in [2.45, 2.75) is 51.5 Å². The number of hydrogen-bond donors (Lipinski definition) is 3. The molecule has 3 rings (SSSR count). The van der Waals surface area contributed by atoms with Crippen molar-refractivity contribution in [3.8, 4) is 0 Å². The minimum absolute atomic E-state index is 0.00189. The first-order chi connectivity index (χ1) is 12.6. The first-order valence-corrected chi connectivity index (χ1v) is 9.85. The van der Waals surface area contributed by atoms with Crippen molar-refractivity contribution in [3.05, 3.63) is 40.9 Å². The summed E-state index contributed by atoms with van der Waals surface area (Å²) < 4.78 is 0. The Bertz CT molecular complexity index is 768. The zero-order chi connectivity index (χ0) is 18.4. The summed E-state index contributed by atoms with van der Waals surface area (Å²) in [6.07, 6.45) is 6.01. The van der Waals surface area contributed by atoms with Gasteiger partial charge in [0.25, 0.3) is 0 Å². The van der Waals surface area contributed by atoms with Gasteiger partial charge in [0, 0.05) is 17.1 Å². The van der Waals surface area contributed by atoms with Crippen molar-refractivity contribution in [2.24, 2.45) is 0 Å². The van der Waals surface area contributed by atoms with Gasteiger partial charge in [-0.1, -0.05) is 31.4 Å². The second-order valence-electron chi connectivity index (χ2n) is 6.67. The Balaban J connectivity index is 1.47. The van der Waals surface area contributed by atoms with Crippen LogP contribution in [0.1, 0.15) is 43.4 Å². The van der Waals surface area contributed by atoms with E-state index in [2.05, 4.69) is 20.9 Å². The van der Waals surface area contributed by atoms with E-state index in [1.54, 1.807) is 0 Å². The van der Waals surface area contributed by atoms with Gasteiger partial charge in [-0.15, -0.1) is 11.3 Å². The highest BCUT2D eigenvalue weighted by Gasteiger charge is 2.17. The number of nitrogens with one attached hydrogen (secondary N) is 3. The molecule has 1 aromatic heterocycles. The highest BCUT2D eigenvalue weighted by Crippen LogP contribution is 2.19. The predicted molar refractivity (Wildman–Crippen MR) is 105 cm³/mol. The minimum Gasteiger partial charge on any atom is -0.353 e. The number of carbonyl (C=O) groups excluding carboxylic acids is 2. The van der Waals surface area contributed by atoms with Crippen LogP contribution in [0.2, 0.25) is 0 Å². The number of thiazole rings is 1. The Labute approximate surface area is 157 Å². The van der Waals surface area contributed by atoms with Crippen LogP contribution in [-0.4, -0.2) is 23.0 Å². The molecule has 1 aliphatic rings. The lowest BCUT2D eigenvalue weighted by molar-refractivity contribution is -0.121. The van der Waals surface area contributed by atoms with Crippen molar-refractivity contribution in [1.82, 2.24) is 10.3 Å². The van der Waals surface area contributed by atoms with Crippen LogP contribution in [0.25, 0.3) is 0 Å². The maximum atomic E-state index is 12.1. The number of amides is 3. The van der Waals surface area contributed by atoms with E-state index in [-0.39, 0.29) is 18.4 Å². The van der Waals surface area contributed by atoms with Crippen LogP contribution in [0.15, 0.2) is 29.6 Å². The van der Waals surface area contributed by atoms with Crippen LogP contribution in [0.4, 0.5) is 15.6 Å². The molecule has 2 aromatic rings. The summed E-state index contributed by atoms with van der Waals surface area (Å²) in [5.41, 5.74) is 2.48. The van der Waals surface area contributed by atoms with Crippen LogP contribution in [0, 0.1) is 6.92 Å². The molecule has 0 saturated heterocycles. The fourth-order valence-electron chi connectivity index (χ4n) is 3.12. The molecule has 0 bridgehead atoms. The number of hydrogen-bond acceptors (Lipinski definition) is 4. The third-order valence-electron chi connectivity index (χ3n) is 4.36. The average Bonchev–Trinajstić information content (AvgIpc) is 3.02. The lowest BCUT2D eigenvalue weighted by atomic mass is 9.95. The van der Waals surface area contributed by atoms with E-state index >= 15 is 0 Å². The van der Waals surface area contributed by atoms with E-state index in [0.717, 1.165) is 24.1 Å². The molecule has 3 amide bonds. The van der Waals surface area contributed by atoms with Gasteiger partial charge in [0.05, 0.1) is 12.1 Å². The normalized spacial score (nSPS) is 14.7. The Morgan fingerprint density at radius 2 is 2.00 bits per heavy atom. The van der Waals surface area contributed by atoms with Crippen LogP contribution < -0.4 is 16.0 Å². The molecule has 26 heavy (non-hydrogen) atoms. The summed E-state index contributed by atoms with van der Waals surface area (Å²) in [7, 11) is 0. The van der Waals surface area contributed by atoms with Gasteiger partial charge in [-0.3, -0.25) is 10.1 Å². The lowest BCUT2D eigenvalue weighted by Crippen LogP contribution is -2.37. The molecule has 0 spiro atoms. The van der Waals surface area contributed by atoms with E-state index in [1.807, 2.05) is 36.6 Å². The number of aromatic nitrogens is 1. The van der Waals surface area contributed by atoms with Gasteiger partial charge in [-0.05, 0) is 37.5 Å². The number of carbonyl (C=O) groups is 2. The van der Waals surface area contributed by atoms with Gasteiger partial charge < -0.3 is 10.6 Å². The summed E-state index contributed by atoms with van der Waals surface area (Å²) >= 11 is 1.32. The number of benzene rings is 1. The van der Waals surface area contributed by atoms with E-state index < -0.39 is 0 Å². The Kier molecular flexibility index (Phi) is 6.22. The zero-order valence-electron chi connectivity index (χ0n) is 14.9. The maximum absolute atomic E-state index is 12.1. The van der Waals surface area contributed by atoms with Crippen molar-refractivity contribution in [2.75, 3.05) is 10.6 Å². The van der Waals surface area contributed by atoms with E-state index in [9.17, 15) is 9.59 Å². The fourth-order valence-corrected chi connectivity index (χ4v) is 3.82. The molecule has 0 unspecified atom stereocenters. The molecule has 1 aromatic carbocycles. The molecule has 6 nitrogen and oxygen atoms in total. The summed E-state index contributed by atoms with van der Waals surface area (Å²) in [4.78, 5) is 28.5. The van der Waals surface area contributed by atoms with E-state index in [0.29, 0.717) is 16.9 Å². The molecule has 138 valence electrons. The highest BCUT2D eigenvalue weighted by molar-refractivity contribution is 7.14. The SMILES string of the molecule is Cc1cccc(NC(=O)Nc2nc(CC(=O)NC3CCCCC3)cs2)c1. The summed E-state index contributed by atoms with van der Waals surface area (Å²) in [5, 5.41) is 10.9. The molecule has 1 heterocycles. The number of aryl methyl sites for hydroxylation is 1. The summed E-state index contributed by atoms with van der Waals surface area (Å²) in [5.74, 6) is -0.00189. The van der Waals surface area contributed by atoms with Gasteiger partial charge in [0.1, 0.15) is 0 Å². The third-order valence-corrected chi connectivity index (χ3v) is 5.17. The second kappa shape index (κ2) is 8.80. The van der Waals surface area contributed by atoms with Crippen LogP contribution in [-0.2, 0) is 11.2 Å². The van der Waals surface area contributed by atoms with Gasteiger partial charge in [0.2, 0.25) is 5.91 Å². The second-order valence-corrected chi connectivity index (χ2v) is 7.53. The third kappa shape index (κ3) is 5.56. The Morgan fingerprint density at radius 1 is 1.19 bits per heavy atom. The molecule has 7 heteroatoms. The lowest BCUT2D eigenvalue weighted by Gasteiger charge is -2.22. The van der Waals surface area contributed by atoms with Crippen molar-refractivity contribution in [3.63, 3.8) is 0 Å². The number of anilines is 2. The topological polar surface area (TPSA) is 83.1 Å². The van der Waals surface area contributed by atoms with E-state index in [1.165, 1.54) is 30.6 Å². The van der Waals surface area contributed by atoms with Gasteiger partial charge in [-0.25, -0.2) is 9.78 Å². The minimum atomic E-state index is -0.344. The number of nitrogens with zero attached hydrogens (tertiary/aromatic N) is 1. The molecule has 1 fully saturated rings. The summed E-state index contributed by atoms with van der Waals surface area (Å²) in [6.45, 7) is 1.97. The van der Waals surface area contributed by atoms with E-state index in [4.69, 9.17) is 0 Å². The molecule has 1 aliphatic carbocycles. The van der Waals surface area contributed by atoms with Crippen molar-refractivity contribution >= 4 is 34.1 Å². The number of rotatable bonds is 5. The first kappa shape index (κ1) is 18.4. The van der Waals surface area contributed by atoms with Gasteiger partial charge in [0.15, 0.2) is 5.13 Å². The molecule has 1 saturated carbocycles. The smallest absolute Gasteiger partial charge is 0.325 e. The van der Waals surface area contributed by atoms with Crippen LogP contribution in [0.3, 0.4) is 0 Å². The van der Waals surface area contributed by atoms with Crippen LogP contribution in [0.5, 0.6) is 0 Å². The quantitative estimate of drug-likeness (QED) is 0.739. The Hall–Kier alpha value is -2.41. The zero-order valence-corrected chi connectivity index (χ0v) is 15.7.